The number of nitrogens with zero attached hydrogens (tertiary/aromatic N) is 4. The molecule has 0 saturated carbocycles. The fourth-order valence-corrected chi connectivity index (χ4v) is 5.66. The van der Waals surface area contributed by atoms with Crippen LogP contribution in [0.5, 0.6) is 5.75 Å². The Bertz CT molecular complexity index is 1630. The number of ether oxygens (including phenoxy) is 1. The maximum Gasteiger partial charge on any atom is 0.283 e. The molecule has 2 aliphatic heterocycles. The second kappa shape index (κ2) is 9.07. The van der Waals surface area contributed by atoms with Gasteiger partial charge in [0.25, 0.3) is 5.91 Å². The molecule has 0 saturated heterocycles. The summed E-state index contributed by atoms with van der Waals surface area (Å²) in [5.74, 6) is 0.0197. The number of aryl methyl sites for hydroxylation is 2. The predicted molar refractivity (Wildman–Crippen MR) is 143 cm³/mol. The van der Waals surface area contributed by atoms with Gasteiger partial charge in [0.1, 0.15) is 12.4 Å². The van der Waals surface area contributed by atoms with Gasteiger partial charge in [0.15, 0.2) is 5.84 Å². The van der Waals surface area contributed by atoms with E-state index in [1.807, 2.05) is 67.1 Å². The minimum Gasteiger partial charge on any atom is -0.491 e. The van der Waals surface area contributed by atoms with Crippen molar-refractivity contribution in [2.24, 2.45) is 10.1 Å². The molecule has 1 aromatic heterocycles. The van der Waals surface area contributed by atoms with E-state index < -0.39 is 15.7 Å². The number of rotatable bonds is 5. The molecular formula is C25H23N5O4S2. The number of hydrazone groups is 1. The number of para-hydroxylation sites is 1. The van der Waals surface area contributed by atoms with E-state index in [9.17, 15) is 13.2 Å². The molecule has 1 amide bonds. The maximum atomic E-state index is 12.8. The van der Waals surface area contributed by atoms with Crippen molar-refractivity contribution in [3.05, 3.63) is 70.9 Å². The zero-order chi connectivity index (χ0) is 25.6. The molecule has 1 N–H and O–H groups in total. The average Bonchev–Trinajstić information content (AvgIpc) is 3.41. The Hall–Kier alpha value is -3.70. The van der Waals surface area contributed by atoms with Crippen LogP contribution in [0.15, 0.2) is 64.3 Å². The number of nitrogens with one attached hydrogen (secondary N) is 1. The van der Waals surface area contributed by atoms with Crippen LogP contribution in [0.3, 0.4) is 0 Å². The molecule has 0 atom stereocenters. The van der Waals surface area contributed by atoms with E-state index in [4.69, 9.17) is 10.1 Å². The Kier molecular flexibility index (Phi) is 6.05. The lowest BCUT2D eigenvalue weighted by Crippen LogP contribution is -2.35. The Morgan fingerprint density at radius 1 is 1.17 bits per heavy atom. The van der Waals surface area contributed by atoms with Crippen LogP contribution in [-0.4, -0.2) is 52.1 Å². The first kappa shape index (κ1) is 24.0. The predicted octanol–water partition coefficient (Wildman–Crippen LogP) is 3.96. The van der Waals surface area contributed by atoms with Gasteiger partial charge in [-0.05, 0) is 54.9 Å². The van der Waals surface area contributed by atoms with Gasteiger partial charge in [0.05, 0.1) is 12.1 Å². The SMILES string of the molecule is Cc1ccc(C)c(OCCn2cc(/C=C3/C(=N)N4N=C(S(C)(=O)=O)SC4=NC3=O)c3ccccc32)c1. The van der Waals surface area contributed by atoms with Crippen LogP contribution in [-0.2, 0) is 21.2 Å². The van der Waals surface area contributed by atoms with Crippen LogP contribution in [0.4, 0.5) is 0 Å². The third-order valence-corrected chi connectivity index (χ3v) is 8.38. The number of aliphatic imine (C=N–C) groups is 1. The number of aromatic nitrogens is 1. The zero-order valence-electron chi connectivity index (χ0n) is 19.8. The average molecular weight is 522 g/mol. The van der Waals surface area contributed by atoms with Crippen LogP contribution in [0, 0.1) is 19.3 Å². The van der Waals surface area contributed by atoms with Gasteiger partial charge in [-0.3, -0.25) is 10.2 Å². The van der Waals surface area contributed by atoms with Crippen molar-refractivity contribution in [3.63, 3.8) is 0 Å². The minimum absolute atomic E-state index is 0.0346. The topological polar surface area (TPSA) is 117 Å². The Labute approximate surface area is 212 Å². The first-order valence-corrected chi connectivity index (χ1v) is 13.8. The molecule has 3 heterocycles. The highest BCUT2D eigenvalue weighted by molar-refractivity contribution is 8.42. The van der Waals surface area contributed by atoms with Gasteiger partial charge < -0.3 is 9.30 Å². The number of hydrogen-bond acceptors (Lipinski definition) is 7. The van der Waals surface area contributed by atoms with Crippen molar-refractivity contribution >= 4 is 59.9 Å². The third-order valence-electron chi connectivity index (χ3n) is 5.81. The summed E-state index contributed by atoms with van der Waals surface area (Å²) >= 11 is 0.764. The van der Waals surface area contributed by atoms with Crippen LogP contribution in [0.1, 0.15) is 16.7 Å². The molecule has 0 radical (unpaired) electrons. The molecule has 11 heteroatoms. The van der Waals surface area contributed by atoms with Crippen molar-refractivity contribution in [2.75, 3.05) is 12.9 Å². The molecule has 3 aromatic rings. The van der Waals surface area contributed by atoms with E-state index in [1.165, 1.54) is 0 Å². The summed E-state index contributed by atoms with van der Waals surface area (Å²) in [5.41, 5.74) is 3.93. The lowest BCUT2D eigenvalue weighted by Gasteiger charge is -2.19. The molecule has 2 aliphatic rings. The van der Waals surface area contributed by atoms with E-state index in [0.717, 1.165) is 56.4 Å². The van der Waals surface area contributed by atoms with E-state index in [2.05, 4.69) is 10.1 Å². The summed E-state index contributed by atoms with van der Waals surface area (Å²) in [6, 6.07) is 13.9. The first-order chi connectivity index (χ1) is 17.1. The van der Waals surface area contributed by atoms with Crippen molar-refractivity contribution in [1.29, 1.82) is 5.41 Å². The van der Waals surface area contributed by atoms with Crippen LogP contribution in [0.25, 0.3) is 17.0 Å². The second-order valence-electron chi connectivity index (χ2n) is 8.57. The molecule has 2 aromatic carbocycles. The number of carbonyl (C=O) groups is 1. The first-order valence-electron chi connectivity index (χ1n) is 11.1. The molecule has 0 bridgehead atoms. The quantitative estimate of drug-likeness (QED) is 0.508. The number of hydrogen-bond donors (Lipinski definition) is 1. The molecule has 36 heavy (non-hydrogen) atoms. The summed E-state index contributed by atoms with van der Waals surface area (Å²) in [7, 11) is -3.59. The molecule has 0 aliphatic carbocycles. The molecule has 5 rings (SSSR count). The van der Waals surface area contributed by atoms with Crippen molar-refractivity contribution in [2.45, 2.75) is 20.4 Å². The van der Waals surface area contributed by atoms with Crippen molar-refractivity contribution in [1.82, 2.24) is 9.58 Å². The third kappa shape index (κ3) is 4.47. The largest absolute Gasteiger partial charge is 0.491 e. The lowest BCUT2D eigenvalue weighted by atomic mass is 10.1. The van der Waals surface area contributed by atoms with E-state index >= 15 is 0 Å². The lowest BCUT2D eigenvalue weighted by molar-refractivity contribution is -0.114. The van der Waals surface area contributed by atoms with E-state index in [-0.39, 0.29) is 21.0 Å². The monoisotopic (exact) mass is 521 g/mol. The number of amides is 1. The van der Waals surface area contributed by atoms with Gasteiger partial charge in [-0.2, -0.15) is 10.0 Å². The smallest absolute Gasteiger partial charge is 0.283 e. The second-order valence-corrected chi connectivity index (χ2v) is 11.7. The summed E-state index contributed by atoms with van der Waals surface area (Å²) in [6.07, 6.45) is 4.54. The van der Waals surface area contributed by atoms with E-state index in [1.54, 1.807) is 6.08 Å². The number of benzene rings is 2. The molecule has 9 nitrogen and oxygen atoms in total. The zero-order valence-corrected chi connectivity index (χ0v) is 21.5. The number of amidine groups is 2. The van der Waals surface area contributed by atoms with Gasteiger partial charge in [0, 0.05) is 28.9 Å². The summed E-state index contributed by atoms with van der Waals surface area (Å²) in [6.45, 7) is 5.07. The fourth-order valence-electron chi connectivity index (χ4n) is 3.97. The maximum absolute atomic E-state index is 12.8. The highest BCUT2D eigenvalue weighted by Gasteiger charge is 2.38. The number of thioether (sulfide) groups is 1. The molecule has 184 valence electrons. The summed E-state index contributed by atoms with van der Waals surface area (Å²) in [5, 5.41) is 14.6. The van der Waals surface area contributed by atoms with Crippen LogP contribution < -0.4 is 4.74 Å². The van der Waals surface area contributed by atoms with Crippen LogP contribution in [0.2, 0.25) is 0 Å². The molecule has 0 unspecified atom stereocenters. The number of fused-ring (bicyclic) bond motifs is 2. The van der Waals surface area contributed by atoms with Crippen molar-refractivity contribution in [3.8, 4) is 5.75 Å². The van der Waals surface area contributed by atoms with Crippen LogP contribution >= 0.6 is 11.8 Å². The fraction of sp³-hybridized carbons (Fsp3) is 0.200. The number of sulfone groups is 1. The Morgan fingerprint density at radius 3 is 2.72 bits per heavy atom. The number of carbonyl (C=O) groups excluding carboxylic acids is 1. The summed E-state index contributed by atoms with van der Waals surface area (Å²) in [4.78, 5) is 16.7. The molecule has 0 spiro atoms. The molecule has 0 fully saturated rings. The Morgan fingerprint density at radius 2 is 1.94 bits per heavy atom. The van der Waals surface area contributed by atoms with Gasteiger partial charge in [0.2, 0.25) is 19.4 Å². The highest BCUT2D eigenvalue weighted by Crippen LogP contribution is 2.31. The van der Waals surface area contributed by atoms with Gasteiger partial charge in [-0.1, -0.05) is 30.3 Å². The molecular weight excluding hydrogens is 498 g/mol. The van der Waals surface area contributed by atoms with E-state index in [0.29, 0.717) is 13.2 Å². The van der Waals surface area contributed by atoms with Crippen molar-refractivity contribution < 1.29 is 17.9 Å². The van der Waals surface area contributed by atoms with Gasteiger partial charge in [-0.15, -0.1) is 5.10 Å². The highest BCUT2D eigenvalue weighted by atomic mass is 32.3. The normalized spacial score (nSPS) is 17.0. The minimum atomic E-state index is -3.59. The standard InChI is InChI=1S/C25H23N5O4S2/c1-15-8-9-16(2)21(12-15)34-11-10-29-14-17(18-6-4-5-7-20(18)29)13-19-22(26)30-24(27-23(19)31)35-25(28-30)36(3,32)33/h4-9,12-14,26H,10-11H2,1-3H3/b19-13-,26-22?. The summed E-state index contributed by atoms with van der Waals surface area (Å²) < 4.78 is 31.7. The van der Waals surface area contributed by atoms with Gasteiger partial charge >= 0.3 is 0 Å². The van der Waals surface area contributed by atoms with Gasteiger partial charge in [-0.25, -0.2) is 8.42 Å². The Balaban J connectivity index is 1.44.